The summed E-state index contributed by atoms with van der Waals surface area (Å²) in [6.45, 7) is 3.46. The molecule has 1 N–H and O–H groups in total. The van der Waals surface area contributed by atoms with Crippen LogP contribution in [0.4, 0.5) is 24.5 Å². The van der Waals surface area contributed by atoms with Gasteiger partial charge in [0, 0.05) is 7.05 Å². The second kappa shape index (κ2) is 8.65. The van der Waals surface area contributed by atoms with E-state index in [1.54, 1.807) is 49.8 Å². The maximum absolute atomic E-state index is 13.1. The third-order valence-electron chi connectivity index (χ3n) is 5.50. The lowest BCUT2D eigenvalue weighted by atomic mass is 10.2. The Morgan fingerprint density at radius 3 is 2.21 bits per heavy atom. The molecule has 4 rings (SSSR count). The highest BCUT2D eigenvalue weighted by Crippen LogP contribution is 2.30. The summed E-state index contributed by atoms with van der Waals surface area (Å²) in [7, 11) is 1.71. The first kappa shape index (κ1) is 23.0. The average Bonchev–Trinajstić information content (AvgIpc) is 3.25. The minimum atomic E-state index is -4.55. The fourth-order valence-electron chi connectivity index (χ4n) is 3.60. The van der Waals surface area contributed by atoms with E-state index in [2.05, 4.69) is 15.3 Å². The van der Waals surface area contributed by atoms with Gasteiger partial charge in [0.1, 0.15) is 0 Å². The molecule has 0 amide bonds. The second-order valence-corrected chi connectivity index (χ2v) is 7.59. The lowest BCUT2D eigenvalue weighted by Gasteiger charge is -2.08. The van der Waals surface area contributed by atoms with E-state index < -0.39 is 22.9 Å². The number of halogens is 3. The number of aromatic amines is 1. The molecule has 0 aliphatic rings. The standard InChI is InChI=1S/C23H21F3N6O2/c1-4-18-20(21(33)31(29-18)17-12-8-9-15(13-17)23(24,25)26)28-27-19-14(2)30(3)32(22(19)34)16-10-6-5-7-11-16/h5-13,29H,4H2,1-3H3. The Labute approximate surface area is 191 Å². The van der Waals surface area contributed by atoms with Gasteiger partial charge in [-0.1, -0.05) is 31.2 Å². The molecule has 4 aromatic rings. The van der Waals surface area contributed by atoms with Crippen LogP contribution in [0, 0.1) is 6.92 Å². The van der Waals surface area contributed by atoms with E-state index in [9.17, 15) is 22.8 Å². The smallest absolute Gasteiger partial charge is 0.293 e. The van der Waals surface area contributed by atoms with Crippen molar-refractivity contribution in [2.45, 2.75) is 26.4 Å². The van der Waals surface area contributed by atoms with Crippen LogP contribution in [0.25, 0.3) is 11.4 Å². The molecule has 0 atom stereocenters. The van der Waals surface area contributed by atoms with Crippen molar-refractivity contribution in [3.8, 4) is 11.4 Å². The summed E-state index contributed by atoms with van der Waals surface area (Å²) in [6.07, 6.45) is -4.20. The number of hydrogen-bond donors (Lipinski definition) is 1. The fraction of sp³-hybridized carbons (Fsp3) is 0.217. The molecule has 2 aromatic heterocycles. The molecule has 2 aromatic carbocycles. The Balaban J connectivity index is 1.79. The van der Waals surface area contributed by atoms with E-state index >= 15 is 0 Å². The Morgan fingerprint density at radius 1 is 0.912 bits per heavy atom. The molecule has 0 radical (unpaired) electrons. The van der Waals surface area contributed by atoms with E-state index in [-0.39, 0.29) is 17.1 Å². The normalized spacial score (nSPS) is 12.1. The van der Waals surface area contributed by atoms with Crippen molar-refractivity contribution in [1.82, 2.24) is 19.1 Å². The third-order valence-corrected chi connectivity index (χ3v) is 5.50. The van der Waals surface area contributed by atoms with E-state index in [0.717, 1.165) is 16.8 Å². The van der Waals surface area contributed by atoms with Crippen molar-refractivity contribution < 1.29 is 13.2 Å². The molecule has 0 aliphatic carbocycles. The molecule has 2 heterocycles. The van der Waals surface area contributed by atoms with E-state index in [1.807, 2.05) is 6.07 Å². The van der Waals surface area contributed by atoms with Crippen LogP contribution < -0.4 is 11.1 Å². The number of benzene rings is 2. The maximum Gasteiger partial charge on any atom is 0.416 e. The Morgan fingerprint density at radius 2 is 1.56 bits per heavy atom. The molecule has 0 saturated carbocycles. The highest BCUT2D eigenvalue weighted by molar-refractivity contribution is 5.48. The van der Waals surface area contributed by atoms with Gasteiger partial charge in [-0.05, 0) is 43.7 Å². The van der Waals surface area contributed by atoms with Crippen molar-refractivity contribution in [3.63, 3.8) is 0 Å². The molecule has 34 heavy (non-hydrogen) atoms. The van der Waals surface area contributed by atoms with E-state index in [0.29, 0.717) is 23.5 Å². The zero-order chi connectivity index (χ0) is 24.6. The Bertz CT molecular complexity index is 1490. The van der Waals surface area contributed by atoms with Crippen LogP contribution >= 0.6 is 0 Å². The number of aryl methyl sites for hydroxylation is 1. The average molecular weight is 470 g/mol. The topological polar surface area (TPSA) is 89.4 Å². The molecule has 0 spiro atoms. The summed E-state index contributed by atoms with van der Waals surface area (Å²) in [5, 5.41) is 10.9. The number of nitrogens with one attached hydrogen (secondary N) is 1. The molecule has 0 aliphatic heterocycles. The van der Waals surface area contributed by atoms with Crippen molar-refractivity contribution in [2.75, 3.05) is 0 Å². The number of aromatic nitrogens is 4. The zero-order valence-corrected chi connectivity index (χ0v) is 18.6. The van der Waals surface area contributed by atoms with Gasteiger partial charge in [0.15, 0.2) is 11.4 Å². The monoisotopic (exact) mass is 470 g/mol. The molecule has 176 valence electrons. The number of azo groups is 1. The quantitative estimate of drug-likeness (QED) is 0.418. The van der Waals surface area contributed by atoms with Crippen molar-refractivity contribution in [2.24, 2.45) is 17.3 Å². The van der Waals surface area contributed by atoms with Crippen LogP contribution in [0.1, 0.15) is 23.9 Å². The molecule has 8 nitrogen and oxygen atoms in total. The number of rotatable bonds is 5. The number of alkyl halides is 3. The molecular weight excluding hydrogens is 449 g/mol. The van der Waals surface area contributed by atoms with Gasteiger partial charge in [0.25, 0.3) is 11.1 Å². The minimum absolute atomic E-state index is 0.0123. The second-order valence-electron chi connectivity index (χ2n) is 7.59. The highest BCUT2D eigenvalue weighted by atomic mass is 19.4. The lowest BCUT2D eigenvalue weighted by Crippen LogP contribution is -2.19. The first-order chi connectivity index (χ1) is 16.1. The number of hydrogen-bond acceptors (Lipinski definition) is 4. The van der Waals surface area contributed by atoms with Crippen LogP contribution in [0.3, 0.4) is 0 Å². The van der Waals surface area contributed by atoms with Crippen LogP contribution in [0.15, 0.2) is 74.4 Å². The molecule has 0 saturated heterocycles. The lowest BCUT2D eigenvalue weighted by molar-refractivity contribution is -0.137. The summed E-state index contributed by atoms with van der Waals surface area (Å²) < 4.78 is 43.4. The number of nitrogens with zero attached hydrogens (tertiary/aromatic N) is 5. The molecule has 0 fully saturated rings. The minimum Gasteiger partial charge on any atom is -0.293 e. The van der Waals surface area contributed by atoms with Gasteiger partial charge in [-0.25, -0.2) is 9.36 Å². The molecular formula is C23H21F3N6O2. The summed E-state index contributed by atoms with van der Waals surface area (Å²) in [4.78, 5) is 26.0. The van der Waals surface area contributed by atoms with E-state index in [1.165, 1.54) is 16.8 Å². The third kappa shape index (κ3) is 4.00. The van der Waals surface area contributed by atoms with Crippen LogP contribution in [0.5, 0.6) is 0 Å². The number of para-hydroxylation sites is 1. The number of H-pyrrole nitrogens is 1. The zero-order valence-electron chi connectivity index (χ0n) is 18.6. The van der Waals surface area contributed by atoms with Crippen LogP contribution in [-0.4, -0.2) is 19.1 Å². The predicted molar refractivity (Wildman–Crippen MR) is 121 cm³/mol. The van der Waals surface area contributed by atoms with Gasteiger partial charge < -0.3 is 0 Å². The fourth-order valence-corrected chi connectivity index (χ4v) is 3.60. The first-order valence-electron chi connectivity index (χ1n) is 10.4. The summed E-state index contributed by atoms with van der Waals surface area (Å²) in [5.74, 6) is 0. The van der Waals surface area contributed by atoms with Crippen molar-refractivity contribution >= 4 is 11.4 Å². The largest absolute Gasteiger partial charge is 0.416 e. The van der Waals surface area contributed by atoms with Gasteiger partial charge in [-0.15, -0.1) is 10.2 Å². The van der Waals surface area contributed by atoms with Crippen LogP contribution in [0.2, 0.25) is 0 Å². The van der Waals surface area contributed by atoms with Gasteiger partial charge in [0.2, 0.25) is 0 Å². The molecule has 11 heteroatoms. The van der Waals surface area contributed by atoms with Gasteiger partial charge in [0.05, 0.1) is 28.3 Å². The summed E-state index contributed by atoms with van der Waals surface area (Å²) in [6, 6.07) is 13.4. The predicted octanol–water partition coefficient (Wildman–Crippen LogP) is 4.96. The summed E-state index contributed by atoms with van der Waals surface area (Å²) in [5.41, 5.74) is -0.422. The van der Waals surface area contributed by atoms with Crippen molar-refractivity contribution in [1.29, 1.82) is 0 Å². The Kier molecular flexibility index (Phi) is 5.86. The van der Waals surface area contributed by atoms with E-state index in [4.69, 9.17) is 0 Å². The van der Waals surface area contributed by atoms with Gasteiger partial charge in [-0.3, -0.25) is 19.4 Å². The SMILES string of the molecule is CCc1[nH]n(-c2cccc(C(F)(F)F)c2)c(=O)c1N=Nc1c(C)n(C)n(-c2ccccc2)c1=O. The van der Waals surface area contributed by atoms with Crippen LogP contribution in [-0.2, 0) is 19.6 Å². The van der Waals surface area contributed by atoms with Crippen molar-refractivity contribution in [3.05, 3.63) is 92.3 Å². The first-order valence-corrected chi connectivity index (χ1v) is 10.4. The molecule has 0 unspecified atom stereocenters. The van der Waals surface area contributed by atoms with Gasteiger partial charge in [-0.2, -0.15) is 13.2 Å². The molecule has 0 bridgehead atoms. The Hall–Kier alpha value is -4.15. The highest BCUT2D eigenvalue weighted by Gasteiger charge is 2.31. The van der Waals surface area contributed by atoms with Gasteiger partial charge >= 0.3 is 6.18 Å². The summed E-state index contributed by atoms with van der Waals surface area (Å²) >= 11 is 0. The maximum atomic E-state index is 13.1.